The largest absolute Gasteiger partial charge is 0.464 e. The third-order valence-electron chi connectivity index (χ3n) is 3.65. The highest BCUT2D eigenvalue weighted by Crippen LogP contribution is 2.25. The maximum absolute atomic E-state index is 12.0. The monoisotopic (exact) mass is 321 g/mol. The number of methoxy groups -OCH3 is 1. The van der Waals surface area contributed by atoms with E-state index in [1.165, 1.54) is 13.3 Å². The summed E-state index contributed by atoms with van der Waals surface area (Å²) < 4.78 is 8.08. The summed E-state index contributed by atoms with van der Waals surface area (Å²) in [5.74, 6) is -0.597. The van der Waals surface area contributed by atoms with Crippen LogP contribution in [-0.4, -0.2) is 27.4 Å². The second-order valence-electron chi connectivity index (χ2n) is 5.26. The Morgan fingerprint density at radius 3 is 2.46 bits per heavy atom. The molecular formula is C17H15N5O2. The van der Waals surface area contributed by atoms with Crippen LogP contribution in [0.15, 0.2) is 42.9 Å². The van der Waals surface area contributed by atoms with Crippen molar-refractivity contribution < 1.29 is 9.53 Å². The summed E-state index contributed by atoms with van der Waals surface area (Å²) in [6.07, 6.45) is 5.21. The molecule has 2 heterocycles. The molecule has 0 saturated carbocycles. The zero-order chi connectivity index (χ0) is 17.3. The van der Waals surface area contributed by atoms with E-state index in [0.717, 1.165) is 11.3 Å². The molecule has 0 unspecified atom stereocenters. The second-order valence-corrected chi connectivity index (χ2v) is 5.26. The lowest BCUT2D eigenvalue weighted by atomic mass is 10.2. The Kier molecular flexibility index (Phi) is 3.80. The van der Waals surface area contributed by atoms with E-state index in [2.05, 4.69) is 5.10 Å². The molecule has 0 radical (unpaired) electrons. The number of anilines is 1. The number of aryl methyl sites for hydroxylation is 1. The van der Waals surface area contributed by atoms with E-state index in [-0.39, 0.29) is 16.9 Å². The highest BCUT2D eigenvalue weighted by atomic mass is 16.5. The van der Waals surface area contributed by atoms with Crippen LogP contribution in [0.25, 0.3) is 11.4 Å². The first-order valence-electron chi connectivity index (χ1n) is 7.16. The van der Waals surface area contributed by atoms with Crippen molar-refractivity contribution in [3.8, 4) is 17.4 Å². The van der Waals surface area contributed by atoms with Gasteiger partial charge in [0.15, 0.2) is 5.69 Å². The Morgan fingerprint density at radius 2 is 1.92 bits per heavy atom. The number of esters is 1. The van der Waals surface area contributed by atoms with E-state index >= 15 is 0 Å². The molecule has 2 N–H and O–H groups in total. The fourth-order valence-corrected chi connectivity index (χ4v) is 2.44. The lowest BCUT2D eigenvalue weighted by molar-refractivity contribution is 0.0593. The van der Waals surface area contributed by atoms with E-state index in [1.807, 2.05) is 43.5 Å². The Hall–Kier alpha value is -3.53. The van der Waals surface area contributed by atoms with Gasteiger partial charge in [-0.15, -0.1) is 0 Å². The number of carbonyl (C=O) groups excluding carboxylic acids is 1. The standard InChI is InChI=1S/C17H15N5O2/c1-11-8-20-22(9-11)14-5-3-13(4-6-14)21-10-12(7-18)15(19)16(21)17(23)24-2/h3-6,8-10H,19H2,1-2H3. The van der Waals surface area contributed by atoms with Crippen molar-refractivity contribution in [1.29, 1.82) is 5.26 Å². The molecule has 0 saturated heterocycles. The molecule has 0 amide bonds. The smallest absolute Gasteiger partial charge is 0.357 e. The summed E-state index contributed by atoms with van der Waals surface area (Å²) in [5, 5.41) is 13.4. The van der Waals surface area contributed by atoms with Gasteiger partial charge in [0, 0.05) is 18.1 Å². The molecule has 7 heteroatoms. The summed E-state index contributed by atoms with van der Waals surface area (Å²) in [7, 11) is 1.27. The number of carbonyl (C=O) groups is 1. The first-order valence-corrected chi connectivity index (χ1v) is 7.16. The Morgan fingerprint density at radius 1 is 1.25 bits per heavy atom. The van der Waals surface area contributed by atoms with E-state index in [0.29, 0.717) is 5.69 Å². The van der Waals surface area contributed by atoms with E-state index in [4.69, 9.17) is 15.7 Å². The molecule has 0 aliphatic rings. The number of nitrogen functional groups attached to an aromatic ring is 1. The molecule has 120 valence electrons. The molecule has 0 fully saturated rings. The van der Waals surface area contributed by atoms with Gasteiger partial charge in [-0.05, 0) is 36.8 Å². The first kappa shape index (κ1) is 15.4. The molecule has 1 aromatic carbocycles. The number of ether oxygens (including phenoxy) is 1. The molecule has 24 heavy (non-hydrogen) atoms. The van der Waals surface area contributed by atoms with E-state index < -0.39 is 5.97 Å². The zero-order valence-electron chi connectivity index (χ0n) is 13.2. The average Bonchev–Trinajstić information content (AvgIpc) is 3.17. The van der Waals surface area contributed by atoms with Crippen LogP contribution < -0.4 is 5.73 Å². The van der Waals surface area contributed by atoms with Gasteiger partial charge in [0.25, 0.3) is 0 Å². The van der Waals surface area contributed by atoms with E-state index in [9.17, 15) is 4.79 Å². The van der Waals surface area contributed by atoms with E-state index in [1.54, 1.807) is 15.4 Å². The summed E-state index contributed by atoms with van der Waals surface area (Å²) in [6, 6.07) is 9.35. The highest BCUT2D eigenvalue weighted by Gasteiger charge is 2.21. The molecule has 3 aromatic rings. The summed E-state index contributed by atoms with van der Waals surface area (Å²) in [4.78, 5) is 12.0. The van der Waals surface area contributed by atoms with Crippen LogP contribution in [0.5, 0.6) is 0 Å². The van der Waals surface area contributed by atoms with Crippen LogP contribution in [-0.2, 0) is 4.74 Å². The summed E-state index contributed by atoms with van der Waals surface area (Å²) in [6.45, 7) is 1.96. The van der Waals surface area contributed by atoms with Gasteiger partial charge in [0.2, 0.25) is 0 Å². The van der Waals surface area contributed by atoms with Crippen molar-refractivity contribution in [2.24, 2.45) is 0 Å². The van der Waals surface area contributed by atoms with Gasteiger partial charge in [0.05, 0.1) is 30.2 Å². The topological polar surface area (TPSA) is 98.9 Å². The predicted octanol–water partition coefficient (Wildman–Crippen LogP) is 2.21. The minimum absolute atomic E-state index is 0.108. The van der Waals surface area contributed by atoms with Gasteiger partial charge in [0.1, 0.15) is 6.07 Å². The minimum atomic E-state index is -0.597. The zero-order valence-corrected chi connectivity index (χ0v) is 13.2. The minimum Gasteiger partial charge on any atom is -0.464 e. The summed E-state index contributed by atoms with van der Waals surface area (Å²) >= 11 is 0. The van der Waals surface area contributed by atoms with Crippen molar-refractivity contribution in [2.75, 3.05) is 12.8 Å². The normalized spacial score (nSPS) is 10.4. The number of nitriles is 1. The maximum Gasteiger partial charge on any atom is 0.357 e. The maximum atomic E-state index is 12.0. The fraction of sp³-hybridized carbons (Fsp3) is 0.118. The Bertz CT molecular complexity index is 945. The SMILES string of the molecule is COC(=O)c1c(N)c(C#N)cn1-c1ccc(-n2cc(C)cn2)cc1. The number of aromatic nitrogens is 3. The number of benzene rings is 1. The average molecular weight is 321 g/mol. The van der Waals surface area contributed by atoms with Gasteiger partial charge < -0.3 is 15.0 Å². The third-order valence-corrected chi connectivity index (χ3v) is 3.65. The molecule has 0 aliphatic heterocycles. The molecule has 0 bridgehead atoms. The second kappa shape index (κ2) is 5.93. The van der Waals surface area contributed by atoms with Gasteiger partial charge in [-0.3, -0.25) is 0 Å². The van der Waals surface area contributed by atoms with Crippen LogP contribution in [0.4, 0.5) is 5.69 Å². The molecule has 0 aliphatic carbocycles. The summed E-state index contributed by atoms with van der Waals surface area (Å²) in [5.41, 5.74) is 8.99. The lowest BCUT2D eigenvalue weighted by Crippen LogP contribution is -2.11. The molecule has 0 spiro atoms. The van der Waals surface area contributed by atoms with Crippen molar-refractivity contribution >= 4 is 11.7 Å². The number of hydrogen-bond donors (Lipinski definition) is 1. The Labute approximate surface area is 138 Å². The van der Waals surface area contributed by atoms with Gasteiger partial charge in [-0.2, -0.15) is 10.4 Å². The van der Waals surface area contributed by atoms with Crippen LogP contribution in [0.3, 0.4) is 0 Å². The number of nitrogens with two attached hydrogens (primary N) is 1. The van der Waals surface area contributed by atoms with Crippen molar-refractivity contribution in [2.45, 2.75) is 6.92 Å². The quantitative estimate of drug-likeness (QED) is 0.746. The number of hydrogen-bond acceptors (Lipinski definition) is 5. The van der Waals surface area contributed by atoms with Crippen LogP contribution in [0, 0.1) is 18.3 Å². The highest BCUT2D eigenvalue weighted by molar-refractivity contribution is 5.95. The first-order chi connectivity index (χ1) is 11.5. The van der Waals surface area contributed by atoms with Crippen LogP contribution in [0.2, 0.25) is 0 Å². The van der Waals surface area contributed by atoms with Gasteiger partial charge in [-0.25, -0.2) is 9.48 Å². The Balaban J connectivity index is 2.06. The molecule has 2 aromatic heterocycles. The van der Waals surface area contributed by atoms with Crippen LogP contribution in [0.1, 0.15) is 21.6 Å². The molecular weight excluding hydrogens is 306 g/mol. The van der Waals surface area contributed by atoms with Gasteiger partial charge >= 0.3 is 5.97 Å². The van der Waals surface area contributed by atoms with Gasteiger partial charge in [-0.1, -0.05) is 0 Å². The van der Waals surface area contributed by atoms with Crippen molar-refractivity contribution in [1.82, 2.24) is 14.3 Å². The fourth-order valence-electron chi connectivity index (χ4n) is 2.44. The third kappa shape index (κ3) is 2.50. The molecule has 7 nitrogen and oxygen atoms in total. The molecule has 0 atom stereocenters. The van der Waals surface area contributed by atoms with Crippen molar-refractivity contribution in [3.05, 3.63) is 59.7 Å². The number of nitrogens with zero attached hydrogens (tertiary/aromatic N) is 4. The number of rotatable bonds is 3. The molecule has 3 rings (SSSR count). The predicted molar refractivity (Wildman–Crippen MR) is 88.1 cm³/mol. The van der Waals surface area contributed by atoms with Crippen molar-refractivity contribution in [3.63, 3.8) is 0 Å². The lowest BCUT2D eigenvalue weighted by Gasteiger charge is -2.09. The van der Waals surface area contributed by atoms with Crippen LogP contribution >= 0.6 is 0 Å².